The molecule has 1 amide bonds. The van der Waals surface area contributed by atoms with Crippen molar-refractivity contribution in [1.82, 2.24) is 25.3 Å². The van der Waals surface area contributed by atoms with Crippen LogP contribution in [-0.4, -0.2) is 65.1 Å². The van der Waals surface area contributed by atoms with Crippen LogP contribution in [0.3, 0.4) is 0 Å². The third-order valence-corrected chi connectivity index (χ3v) is 4.35. The Bertz CT molecular complexity index is 730. The SMILES string of the molecule is NCc1nc(CN2CCN(CCNC(=O)c3ccccc3F)CC2)no1. The normalized spacial score (nSPS) is 15.9. The second-order valence-corrected chi connectivity index (χ2v) is 6.16. The Hall–Kier alpha value is -2.36. The fourth-order valence-electron chi connectivity index (χ4n) is 2.88. The van der Waals surface area contributed by atoms with Gasteiger partial charge in [-0.25, -0.2) is 4.39 Å². The van der Waals surface area contributed by atoms with Crippen molar-refractivity contribution < 1.29 is 13.7 Å². The monoisotopic (exact) mass is 362 g/mol. The number of carbonyl (C=O) groups excluding carboxylic acids is 1. The van der Waals surface area contributed by atoms with E-state index in [1.165, 1.54) is 12.1 Å². The van der Waals surface area contributed by atoms with E-state index < -0.39 is 5.82 Å². The summed E-state index contributed by atoms with van der Waals surface area (Å²) in [4.78, 5) is 20.7. The molecule has 0 unspecified atom stereocenters. The summed E-state index contributed by atoms with van der Waals surface area (Å²) in [6.45, 7) is 5.64. The zero-order valence-electron chi connectivity index (χ0n) is 14.5. The number of rotatable bonds is 7. The van der Waals surface area contributed by atoms with Crippen molar-refractivity contribution >= 4 is 5.91 Å². The van der Waals surface area contributed by atoms with Crippen molar-refractivity contribution in [2.45, 2.75) is 13.1 Å². The van der Waals surface area contributed by atoms with Gasteiger partial charge in [-0.05, 0) is 12.1 Å². The second-order valence-electron chi connectivity index (χ2n) is 6.16. The minimum atomic E-state index is -0.502. The van der Waals surface area contributed by atoms with Gasteiger partial charge in [0, 0.05) is 39.3 Å². The van der Waals surface area contributed by atoms with Crippen molar-refractivity contribution in [1.29, 1.82) is 0 Å². The summed E-state index contributed by atoms with van der Waals surface area (Å²) >= 11 is 0. The number of hydrogen-bond acceptors (Lipinski definition) is 7. The number of nitrogens with one attached hydrogen (secondary N) is 1. The Morgan fingerprint density at radius 1 is 1.23 bits per heavy atom. The molecule has 8 nitrogen and oxygen atoms in total. The average molecular weight is 362 g/mol. The van der Waals surface area contributed by atoms with Gasteiger partial charge in [-0.1, -0.05) is 17.3 Å². The van der Waals surface area contributed by atoms with E-state index in [0.717, 1.165) is 32.7 Å². The van der Waals surface area contributed by atoms with Crippen LogP contribution in [0.25, 0.3) is 0 Å². The lowest BCUT2D eigenvalue weighted by Gasteiger charge is -2.33. The van der Waals surface area contributed by atoms with Gasteiger partial charge in [0.05, 0.1) is 18.7 Å². The molecule has 0 aliphatic carbocycles. The molecule has 1 aromatic carbocycles. The summed E-state index contributed by atoms with van der Waals surface area (Å²) in [7, 11) is 0. The molecule has 2 heterocycles. The van der Waals surface area contributed by atoms with Crippen LogP contribution < -0.4 is 11.1 Å². The zero-order valence-corrected chi connectivity index (χ0v) is 14.5. The lowest BCUT2D eigenvalue weighted by Crippen LogP contribution is -2.48. The highest BCUT2D eigenvalue weighted by atomic mass is 19.1. The van der Waals surface area contributed by atoms with E-state index in [1.807, 2.05) is 0 Å². The standard InChI is InChI=1S/C17H23FN6O2/c18-14-4-2-1-3-13(14)17(25)20-5-6-23-7-9-24(10-8-23)12-15-21-16(11-19)26-22-15/h1-4H,5-12,19H2,(H,20,25). The third kappa shape index (κ3) is 4.84. The Kier molecular flexibility index (Phi) is 6.26. The van der Waals surface area contributed by atoms with Crippen LogP contribution in [0.1, 0.15) is 22.1 Å². The fraction of sp³-hybridized carbons (Fsp3) is 0.471. The van der Waals surface area contributed by atoms with Crippen LogP contribution in [0.4, 0.5) is 4.39 Å². The van der Waals surface area contributed by atoms with Gasteiger partial charge in [0.15, 0.2) is 5.82 Å². The van der Waals surface area contributed by atoms with E-state index >= 15 is 0 Å². The molecule has 3 N–H and O–H groups in total. The number of aromatic nitrogens is 2. The number of hydrogen-bond donors (Lipinski definition) is 2. The molecule has 0 atom stereocenters. The fourth-order valence-corrected chi connectivity index (χ4v) is 2.88. The minimum Gasteiger partial charge on any atom is -0.351 e. The number of benzene rings is 1. The highest BCUT2D eigenvalue weighted by molar-refractivity contribution is 5.94. The number of amides is 1. The molecule has 0 radical (unpaired) electrons. The zero-order chi connectivity index (χ0) is 18.4. The number of carbonyl (C=O) groups is 1. The van der Waals surface area contributed by atoms with Gasteiger partial charge in [-0.3, -0.25) is 14.6 Å². The van der Waals surface area contributed by atoms with Crippen molar-refractivity contribution in [3.05, 3.63) is 47.4 Å². The van der Waals surface area contributed by atoms with Gasteiger partial charge in [0.2, 0.25) is 5.89 Å². The van der Waals surface area contributed by atoms with Gasteiger partial charge in [-0.15, -0.1) is 0 Å². The van der Waals surface area contributed by atoms with Gasteiger partial charge in [0.1, 0.15) is 5.82 Å². The predicted molar refractivity (Wildman–Crippen MR) is 92.6 cm³/mol. The second kappa shape index (κ2) is 8.84. The molecule has 1 saturated heterocycles. The number of piperazine rings is 1. The van der Waals surface area contributed by atoms with E-state index in [-0.39, 0.29) is 18.0 Å². The summed E-state index contributed by atoms with van der Waals surface area (Å²) < 4.78 is 18.6. The summed E-state index contributed by atoms with van der Waals surface area (Å²) in [5.74, 6) is 0.215. The molecular formula is C17H23FN6O2. The molecule has 1 aromatic heterocycles. The van der Waals surface area contributed by atoms with Crippen molar-refractivity contribution in [2.24, 2.45) is 5.73 Å². The molecule has 2 aromatic rings. The van der Waals surface area contributed by atoms with E-state index in [1.54, 1.807) is 12.1 Å². The highest BCUT2D eigenvalue weighted by Crippen LogP contribution is 2.07. The summed E-state index contributed by atoms with van der Waals surface area (Å²) in [5.41, 5.74) is 5.54. The molecule has 3 rings (SSSR count). The number of halogens is 1. The molecule has 1 fully saturated rings. The minimum absolute atomic E-state index is 0.0780. The quantitative estimate of drug-likeness (QED) is 0.726. The molecule has 26 heavy (non-hydrogen) atoms. The van der Waals surface area contributed by atoms with E-state index in [2.05, 4.69) is 25.3 Å². The third-order valence-electron chi connectivity index (χ3n) is 4.35. The molecular weight excluding hydrogens is 339 g/mol. The van der Waals surface area contributed by atoms with Crippen LogP contribution in [0, 0.1) is 5.82 Å². The molecule has 0 bridgehead atoms. The van der Waals surface area contributed by atoms with Crippen LogP contribution in [0.5, 0.6) is 0 Å². The first-order valence-corrected chi connectivity index (χ1v) is 8.64. The van der Waals surface area contributed by atoms with Crippen molar-refractivity contribution in [2.75, 3.05) is 39.3 Å². The predicted octanol–water partition coefficient (Wildman–Crippen LogP) is 0.215. The summed E-state index contributed by atoms with van der Waals surface area (Å²) in [6, 6.07) is 5.99. The molecule has 1 aliphatic rings. The van der Waals surface area contributed by atoms with E-state index in [0.29, 0.717) is 24.8 Å². The van der Waals surface area contributed by atoms with Crippen LogP contribution in [-0.2, 0) is 13.1 Å². The maximum atomic E-state index is 13.6. The van der Waals surface area contributed by atoms with E-state index in [9.17, 15) is 9.18 Å². The van der Waals surface area contributed by atoms with Gasteiger partial charge in [0.25, 0.3) is 5.91 Å². The Morgan fingerprint density at radius 3 is 2.65 bits per heavy atom. The first-order valence-electron chi connectivity index (χ1n) is 8.64. The largest absolute Gasteiger partial charge is 0.351 e. The molecule has 0 spiro atoms. The van der Waals surface area contributed by atoms with E-state index in [4.69, 9.17) is 10.3 Å². The van der Waals surface area contributed by atoms with Crippen LogP contribution in [0.2, 0.25) is 0 Å². The van der Waals surface area contributed by atoms with Gasteiger partial charge >= 0.3 is 0 Å². The van der Waals surface area contributed by atoms with Gasteiger partial charge < -0.3 is 15.6 Å². The Balaban J connectivity index is 1.36. The molecule has 0 saturated carbocycles. The summed E-state index contributed by atoms with van der Waals surface area (Å²) in [6.07, 6.45) is 0. The average Bonchev–Trinajstić information content (AvgIpc) is 3.11. The highest BCUT2D eigenvalue weighted by Gasteiger charge is 2.19. The Morgan fingerprint density at radius 2 is 1.96 bits per heavy atom. The first kappa shape index (κ1) is 18.4. The number of nitrogens with zero attached hydrogens (tertiary/aromatic N) is 4. The molecule has 1 aliphatic heterocycles. The number of nitrogens with two attached hydrogens (primary N) is 1. The van der Waals surface area contributed by atoms with Crippen LogP contribution in [0.15, 0.2) is 28.8 Å². The Labute approximate surface area is 151 Å². The first-order chi connectivity index (χ1) is 12.7. The smallest absolute Gasteiger partial charge is 0.254 e. The summed E-state index contributed by atoms with van der Waals surface area (Å²) in [5, 5.41) is 6.67. The molecule has 9 heteroatoms. The van der Waals surface area contributed by atoms with Crippen molar-refractivity contribution in [3.8, 4) is 0 Å². The lowest BCUT2D eigenvalue weighted by molar-refractivity contribution is 0.0929. The lowest BCUT2D eigenvalue weighted by atomic mass is 10.2. The molecule has 140 valence electrons. The maximum Gasteiger partial charge on any atom is 0.254 e. The van der Waals surface area contributed by atoms with Crippen LogP contribution >= 0.6 is 0 Å². The maximum absolute atomic E-state index is 13.6. The van der Waals surface area contributed by atoms with Crippen molar-refractivity contribution in [3.63, 3.8) is 0 Å². The topological polar surface area (TPSA) is 101 Å². The van der Waals surface area contributed by atoms with Gasteiger partial charge in [-0.2, -0.15) is 4.98 Å².